The van der Waals surface area contributed by atoms with Gasteiger partial charge in [0, 0.05) is 43.3 Å². The van der Waals surface area contributed by atoms with E-state index in [9.17, 15) is 17.6 Å². The second-order valence-corrected chi connectivity index (χ2v) is 9.95. The molecule has 0 saturated carbocycles. The van der Waals surface area contributed by atoms with Gasteiger partial charge in [-0.25, -0.2) is 13.2 Å². The number of alkyl halides is 3. The van der Waals surface area contributed by atoms with Gasteiger partial charge in [0.05, 0.1) is 30.5 Å². The highest BCUT2D eigenvalue weighted by Gasteiger charge is 2.39. The van der Waals surface area contributed by atoms with Crippen molar-refractivity contribution in [2.75, 3.05) is 49.2 Å². The smallest absolute Gasteiger partial charge is 0.371 e. The zero-order valence-electron chi connectivity index (χ0n) is 20.5. The molecule has 2 aromatic rings. The van der Waals surface area contributed by atoms with Gasteiger partial charge in [-0.1, -0.05) is 0 Å². The molecular weight excluding hydrogens is 512 g/mol. The molecule has 0 spiro atoms. The number of piperidine rings is 2. The van der Waals surface area contributed by atoms with Gasteiger partial charge in [0.15, 0.2) is 12.1 Å². The largest absolute Gasteiger partial charge is 0.420 e. The van der Waals surface area contributed by atoms with Crippen molar-refractivity contribution in [1.82, 2.24) is 0 Å². The number of nitriles is 1. The Morgan fingerprint density at radius 1 is 0.842 bits per heavy atom. The van der Waals surface area contributed by atoms with Crippen LogP contribution in [0.3, 0.4) is 0 Å². The quantitative estimate of drug-likeness (QED) is 0.449. The van der Waals surface area contributed by atoms with Gasteiger partial charge in [-0.2, -0.15) is 18.4 Å². The lowest BCUT2D eigenvalue weighted by Crippen LogP contribution is -2.38. The number of hydrogen-bond donors (Lipinski definition) is 0. The van der Waals surface area contributed by atoms with E-state index in [-0.39, 0.29) is 49.4 Å². The SMILES string of the molecule is N#Cc1ccc(N2CCC(c3c(F)cc(N4CCC(C5OCCO5)CC4)cc3F)CC2)c(F)c1C(F)(F)F. The molecule has 3 aliphatic rings. The molecular formula is C27H27F6N3O2. The molecule has 5 nitrogen and oxygen atoms in total. The summed E-state index contributed by atoms with van der Waals surface area (Å²) in [5, 5.41) is 8.96. The number of rotatable bonds is 4. The Morgan fingerprint density at radius 2 is 1.42 bits per heavy atom. The van der Waals surface area contributed by atoms with Gasteiger partial charge in [0.1, 0.15) is 17.2 Å². The molecule has 0 N–H and O–H groups in total. The van der Waals surface area contributed by atoms with Crippen molar-refractivity contribution in [1.29, 1.82) is 5.26 Å². The first-order valence-corrected chi connectivity index (χ1v) is 12.7. The molecule has 3 fully saturated rings. The third kappa shape index (κ3) is 5.16. The maximum Gasteiger partial charge on any atom is 0.420 e. The minimum Gasteiger partial charge on any atom is -0.371 e. The molecule has 0 bridgehead atoms. The minimum absolute atomic E-state index is 0.0488. The van der Waals surface area contributed by atoms with E-state index in [1.54, 1.807) is 0 Å². The molecule has 204 valence electrons. The average Bonchev–Trinajstić information content (AvgIpc) is 3.43. The summed E-state index contributed by atoms with van der Waals surface area (Å²) in [6, 6.07) is 6.15. The molecule has 0 aliphatic carbocycles. The maximum absolute atomic E-state index is 15.2. The van der Waals surface area contributed by atoms with Gasteiger partial charge in [0.2, 0.25) is 0 Å². The van der Waals surface area contributed by atoms with Crippen LogP contribution in [0.5, 0.6) is 0 Å². The topological polar surface area (TPSA) is 48.7 Å². The summed E-state index contributed by atoms with van der Waals surface area (Å²) in [6.45, 7) is 2.65. The van der Waals surface area contributed by atoms with E-state index in [2.05, 4.69) is 0 Å². The van der Waals surface area contributed by atoms with Crippen molar-refractivity contribution >= 4 is 11.4 Å². The summed E-state index contributed by atoms with van der Waals surface area (Å²) < 4.78 is 96.5. The Balaban J connectivity index is 1.26. The monoisotopic (exact) mass is 539 g/mol. The number of hydrogen-bond acceptors (Lipinski definition) is 5. The van der Waals surface area contributed by atoms with Gasteiger partial charge in [-0.3, -0.25) is 0 Å². The van der Waals surface area contributed by atoms with Crippen LogP contribution in [0.2, 0.25) is 0 Å². The van der Waals surface area contributed by atoms with Crippen LogP contribution in [0, 0.1) is 34.7 Å². The lowest BCUT2D eigenvalue weighted by atomic mass is 9.87. The standard InChI is InChI=1S/C27H27F6N3O2/c28-20-13-19(35-7-5-17(6-8-35)26-37-11-12-38-26)14-21(29)23(20)16-3-9-36(10-4-16)22-2-1-18(15-34)24(25(22)30)27(31,32)33/h1-2,13-14,16-17,26H,3-12H2. The van der Waals surface area contributed by atoms with Crippen LogP contribution < -0.4 is 9.80 Å². The summed E-state index contributed by atoms with van der Waals surface area (Å²) in [7, 11) is 0. The maximum atomic E-state index is 15.2. The molecule has 0 atom stereocenters. The Hall–Kier alpha value is -2.97. The second kappa shape index (κ2) is 10.7. The Bertz CT molecular complexity index is 1190. The van der Waals surface area contributed by atoms with Crippen LogP contribution in [0.4, 0.5) is 37.7 Å². The van der Waals surface area contributed by atoms with Crippen molar-refractivity contribution in [2.45, 2.75) is 44.1 Å². The Kier molecular flexibility index (Phi) is 7.47. The van der Waals surface area contributed by atoms with E-state index in [0.717, 1.165) is 25.0 Å². The molecule has 3 aliphatic heterocycles. The van der Waals surface area contributed by atoms with E-state index in [1.165, 1.54) is 23.1 Å². The summed E-state index contributed by atoms with van der Waals surface area (Å²) in [4.78, 5) is 3.37. The van der Waals surface area contributed by atoms with Gasteiger partial charge >= 0.3 is 6.18 Å². The number of nitrogens with zero attached hydrogens (tertiary/aromatic N) is 3. The molecule has 3 heterocycles. The lowest BCUT2D eigenvalue weighted by Gasteiger charge is -2.36. The van der Waals surface area contributed by atoms with E-state index in [4.69, 9.17) is 14.7 Å². The van der Waals surface area contributed by atoms with Crippen molar-refractivity contribution in [3.05, 3.63) is 58.4 Å². The zero-order chi connectivity index (χ0) is 27.0. The van der Waals surface area contributed by atoms with Crippen molar-refractivity contribution in [2.24, 2.45) is 5.92 Å². The summed E-state index contributed by atoms with van der Waals surface area (Å²) in [5.74, 6) is -3.07. The van der Waals surface area contributed by atoms with E-state index < -0.39 is 40.7 Å². The highest BCUT2D eigenvalue weighted by Crippen LogP contribution is 2.40. The van der Waals surface area contributed by atoms with Crippen LogP contribution in [0.25, 0.3) is 0 Å². The van der Waals surface area contributed by atoms with Crippen LogP contribution in [0.1, 0.15) is 48.3 Å². The van der Waals surface area contributed by atoms with Gasteiger partial charge in [-0.05, 0) is 55.9 Å². The summed E-state index contributed by atoms with van der Waals surface area (Å²) in [5.41, 5.74) is -2.25. The van der Waals surface area contributed by atoms with Crippen molar-refractivity contribution < 1.29 is 35.8 Å². The zero-order valence-corrected chi connectivity index (χ0v) is 20.5. The molecule has 0 radical (unpaired) electrons. The van der Waals surface area contributed by atoms with Gasteiger partial charge < -0.3 is 19.3 Å². The second-order valence-electron chi connectivity index (χ2n) is 9.95. The first-order valence-electron chi connectivity index (χ1n) is 12.7. The van der Waals surface area contributed by atoms with Crippen molar-refractivity contribution in [3.8, 4) is 6.07 Å². The Labute approximate surface area is 216 Å². The number of ether oxygens (including phenoxy) is 2. The molecule has 11 heteroatoms. The molecule has 3 saturated heterocycles. The van der Waals surface area contributed by atoms with E-state index in [1.807, 2.05) is 4.90 Å². The number of halogens is 6. The van der Waals surface area contributed by atoms with Crippen LogP contribution in [-0.2, 0) is 15.7 Å². The number of benzene rings is 2. The predicted molar refractivity (Wildman–Crippen MR) is 127 cm³/mol. The predicted octanol–water partition coefficient (Wildman–Crippen LogP) is 5.97. The van der Waals surface area contributed by atoms with Gasteiger partial charge in [0.25, 0.3) is 0 Å². The fourth-order valence-electron chi connectivity index (χ4n) is 5.81. The fraction of sp³-hybridized carbons (Fsp3) is 0.519. The molecule has 0 amide bonds. The molecule has 38 heavy (non-hydrogen) atoms. The van der Waals surface area contributed by atoms with Crippen LogP contribution >= 0.6 is 0 Å². The van der Waals surface area contributed by atoms with Gasteiger partial charge in [-0.15, -0.1) is 0 Å². The molecule has 0 unspecified atom stereocenters. The normalized spacial score (nSPS) is 20.2. The molecule has 0 aromatic heterocycles. The minimum atomic E-state index is -5.02. The van der Waals surface area contributed by atoms with Crippen LogP contribution in [-0.4, -0.2) is 45.7 Å². The third-order valence-corrected chi connectivity index (χ3v) is 7.77. The first-order chi connectivity index (χ1) is 18.2. The van der Waals surface area contributed by atoms with Crippen LogP contribution in [0.15, 0.2) is 24.3 Å². The third-order valence-electron chi connectivity index (χ3n) is 7.77. The molecule has 2 aromatic carbocycles. The summed E-state index contributed by atoms with van der Waals surface area (Å²) in [6.07, 6.45) is -3.19. The fourth-order valence-corrected chi connectivity index (χ4v) is 5.81. The van der Waals surface area contributed by atoms with E-state index >= 15 is 8.78 Å². The van der Waals surface area contributed by atoms with Crippen molar-refractivity contribution in [3.63, 3.8) is 0 Å². The average molecular weight is 540 g/mol. The molecule has 5 rings (SSSR count). The van der Waals surface area contributed by atoms with E-state index in [0.29, 0.717) is 32.0 Å². The lowest BCUT2D eigenvalue weighted by molar-refractivity contribution is -0.140. The Morgan fingerprint density at radius 3 is 1.97 bits per heavy atom. The number of anilines is 2. The highest BCUT2D eigenvalue weighted by molar-refractivity contribution is 5.57. The highest BCUT2D eigenvalue weighted by atomic mass is 19.4. The first kappa shape index (κ1) is 26.6. The summed E-state index contributed by atoms with van der Waals surface area (Å²) >= 11 is 0.